The van der Waals surface area contributed by atoms with Crippen molar-refractivity contribution in [1.82, 2.24) is 0 Å². The molecule has 0 heterocycles. The third kappa shape index (κ3) is 2.56. The SMILES string of the molecule is CCCC1=CC(C)c2cc(-c3ccccc3)c(O)cc2C1C. The van der Waals surface area contributed by atoms with Gasteiger partial charge in [-0.3, -0.25) is 0 Å². The molecule has 22 heavy (non-hydrogen) atoms. The van der Waals surface area contributed by atoms with Gasteiger partial charge in [0.25, 0.3) is 0 Å². The van der Waals surface area contributed by atoms with Crippen LogP contribution in [-0.4, -0.2) is 5.11 Å². The molecule has 1 heteroatoms. The van der Waals surface area contributed by atoms with Crippen molar-refractivity contribution in [3.8, 4) is 16.9 Å². The number of phenolic OH excluding ortho intramolecular Hbond substituents is 1. The molecule has 2 atom stereocenters. The lowest BCUT2D eigenvalue weighted by Crippen LogP contribution is -2.11. The van der Waals surface area contributed by atoms with E-state index in [1.807, 2.05) is 24.3 Å². The van der Waals surface area contributed by atoms with Gasteiger partial charge in [-0.15, -0.1) is 0 Å². The van der Waals surface area contributed by atoms with E-state index in [0.29, 0.717) is 17.6 Å². The Kier molecular flexibility index (Phi) is 4.06. The van der Waals surface area contributed by atoms with Crippen LogP contribution in [0.5, 0.6) is 5.75 Å². The van der Waals surface area contributed by atoms with Gasteiger partial charge >= 0.3 is 0 Å². The zero-order chi connectivity index (χ0) is 15.7. The molecule has 114 valence electrons. The normalized spacial score (nSPS) is 20.4. The lowest BCUT2D eigenvalue weighted by Gasteiger charge is -2.29. The zero-order valence-corrected chi connectivity index (χ0v) is 13.6. The van der Waals surface area contributed by atoms with E-state index in [1.165, 1.54) is 23.1 Å². The number of fused-ring (bicyclic) bond motifs is 1. The highest BCUT2D eigenvalue weighted by Gasteiger charge is 2.24. The number of allylic oxidation sites excluding steroid dienone is 2. The number of hydrogen-bond acceptors (Lipinski definition) is 1. The molecule has 0 bridgehead atoms. The summed E-state index contributed by atoms with van der Waals surface area (Å²) in [6.07, 6.45) is 4.74. The molecular formula is C21H24O. The van der Waals surface area contributed by atoms with E-state index in [0.717, 1.165) is 17.5 Å². The maximum atomic E-state index is 10.5. The Morgan fingerprint density at radius 2 is 1.73 bits per heavy atom. The molecule has 1 aliphatic rings. The van der Waals surface area contributed by atoms with Gasteiger partial charge in [-0.2, -0.15) is 0 Å². The molecule has 2 unspecified atom stereocenters. The van der Waals surface area contributed by atoms with Gasteiger partial charge in [0.15, 0.2) is 0 Å². The van der Waals surface area contributed by atoms with Gasteiger partial charge in [0.05, 0.1) is 0 Å². The predicted octanol–water partition coefficient (Wildman–Crippen LogP) is 6.01. The molecule has 1 N–H and O–H groups in total. The second-order valence-electron chi connectivity index (χ2n) is 6.37. The van der Waals surface area contributed by atoms with E-state index in [-0.39, 0.29) is 0 Å². The quantitative estimate of drug-likeness (QED) is 0.687. The van der Waals surface area contributed by atoms with Crippen LogP contribution in [0.4, 0.5) is 0 Å². The van der Waals surface area contributed by atoms with Crippen LogP contribution in [0.2, 0.25) is 0 Å². The summed E-state index contributed by atoms with van der Waals surface area (Å²) in [6.45, 7) is 6.74. The van der Waals surface area contributed by atoms with Crippen molar-refractivity contribution >= 4 is 0 Å². The van der Waals surface area contributed by atoms with Crippen LogP contribution in [0.15, 0.2) is 54.1 Å². The molecule has 3 rings (SSSR count). The fourth-order valence-electron chi connectivity index (χ4n) is 3.58. The third-order valence-electron chi connectivity index (χ3n) is 4.80. The lowest BCUT2D eigenvalue weighted by atomic mass is 9.76. The monoisotopic (exact) mass is 292 g/mol. The number of aromatic hydroxyl groups is 1. The van der Waals surface area contributed by atoms with Crippen LogP contribution in [0, 0.1) is 0 Å². The van der Waals surface area contributed by atoms with Gasteiger partial charge in [-0.1, -0.05) is 69.2 Å². The summed E-state index contributed by atoms with van der Waals surface area (Å²) in [5.41, 5.74) is 6.16. The van der Waals surface area contributed by atoms with Gasteiger partial charge in [0, 0.05) is 11.5 Å². The number of hydrogen-bond donors (Lipinski definition) is 1. The van der Waals surface area contributed by atoms with Crippen molar-refractivity contribution in [2.75, 3.05) is 0 Å². The number of phenols is 1. The van der Waals surface area contributed by atoms with E-state index in [2.05, 4.69) is 45.0 Å². The maximum absolute atomic E-state index is 10.5. The number of benzene rings is 2. The van der Waals surface area contributed by atoms with Crippen molar-refractivity contribution in [2.24, 2.45) is 0 Å². The van der Waals surface area contributed by atoms with Gasteiger partial charge in [-0.05, 0) is 41.2 Å². The Balaban J connectivity index is 2.09. The summed E-state index contributed by atoms with van der Waals surface area (Å²) in [7, 11) is 0. The lowest BCUT2D eigenvalue weighted by molar-refractivity contribution is 0.475. The summed E-state index contributed by atoms with van der Waals surface area (Å²) >= 11 is 0. The topological polar surface area (TPSA) is 20.2 Å². The highest BCUT2D eigenvalue weighted by molar-refractivity contribution is 5.72. The Hall–Kier alpha value is -2.02. The molecule has 0 spiro atoms. The largest absolute Gasteiger partial charge is 0.507 e. The second kappa shape index (κ2) is 6.00. The first-order chi connectivity index (χ1) is 10.6. The summed E-state index contributed by atoms with van der Waals surface area (Å²) in [5, 5.41) is 10.5. The molecule has 0 saturated carbocycles. The van der Waals surface area contributed by atoms with Gasteiger partial charge in [0.1, 0.15) is 5.75 Å². The molecule has 0 radical (unpaired) electrons. The summed E-state index contributed by atoms with van der Waals surface area (Å²) in [4.78, 5) is 0. The Bertz CT molecular complexity index is 697. The van der Waals surface area contributed by atoms with E-state index < -0.39 is 0 Å². The minimum atomic E-state index is 0.391. The van der Waals surface area contributed by atoms with Crippen molar-refractivity contribution in [3.05, 3.63) is 65.2 Å². The number of rotatable bonds is 3. The Morgan fingerprint density at radius 1 is 1.00 bits per heavy atom. The summed E-state index contributed by atoms with van der Waals surface area (Å²) in [6, 6.07) is 14.3. The zero-order valence-electron chi connectivity index (χ0n) is 13.6. The van der Waals surface area contributed by atoms with Gasteiger partial charge in [-0.25, -0.2) is 0 Å². The van der Waals surface area contributed by atoms with Gasteiger partial charge < -0.3 is 5.11 Å². The van der Waals surface area contributed by atoms with Crippen molar-refractivity contribution in [2.45, 2.75) is 45.4 Å². The van der Waals surface area contributed by atoms with Crippen molar-refractivity contribution < 1.29 is 5.11 Å². The van der Waals surface area contributed by atoms with E-state index in [9.17, 15) is 5.11 Å². The molecule has 1 aliphatic carbocycles. The molecule has 2 aromatic rings. The third-order valence-corrected chi connectivity index (χ3v) is 4.80. The Morgan fingerprint density at radius 3 is 2.41 bits per heavy atom. The first-order valence-electron chi connectivity index (χ1n) is 8.24. The van der Waals surface area contributed by atoms with E-state index >= 15 is 0 Å². The average molecular weight is 292 g/mol. The molecule has 0 aliphatic heterocycles. The summed E-state index contributed by atoms with van der Waals surface area (Å²) in [5.74, 6) is 1.21. The minimum absolute atomic E-state index is 0.391. The van der Waals surface area contributed by atoms with Crippen LogP contribution in [0.25, 0.3) is 11.1 Å². The van der Waals surface area contributed by atoms with E-state index in [4.69, 9.17) is 0 Å². The fourth-order valence-corrected chi connectivity index (χ4v) is 3.58. The highest BCUT2D eigenvalue weighted by Crippen LogP contribution is 2.44. The maximum Gasteiger partial charge on any atom is 0.123 e. The smallest absolute Gasteiger partial charge is 0.123 e. The molecule has 0 amide bonds. The standard InChI is InChI=1S/C21H24O/c1-4-8-17-11-14(2)18-12-20(16-9-6-5-7-10-16)21(22)13-19(18)15(17)3/h5-7,9-15,22H,4,8H2,1-3H3. The predicted molar refractivity (Wildman–Crippen MR) is 93.4 cm³/mol. The van der Waals surface area contributed by atoms with Gasteiger partial charge in [0.2, 0.25) is 0 Å². The molecular weight excluding hydrogens is 268 g/mol. The molecule has 2 aromatic carbocycles. The van der Waals surface area contributed by atoms with Crippen molar-refractivity contribution in [3.63, 3.8) is 0 Å². The molecule has 0 fully saturated rings. The highest BCUT2D eigenvalue weighted by atomic mass is 16.3. The molecule has 0 aromatic heterocycles. The first-order valence-corrected chi connectivity index (χ1v) is 8.24. The van der Waals surface area contributed by atoms with Crippen LogP contribution in [-0.2, 0) is 0 Å². The Labute approximate surface area is 133 Å². The molecule has 0 saturated heterocycles. The van der Waals surface area contributed by atoms with Crippen LogP contribution < -0.4 is 0 Å². The van der Waals surface area contributed by atoms with Crippen LogP contribution in [0.1, 0.15) is 56.6 Å². The fraction of sp³-hybridized carbons (Fsp3) is 0.333. The first kappa shape index (κ1) is 14.9. The molecule has 1 nitrogen and oxygen atoms in total. The van der Waals surface area contributed by atoms with Crippen molar-refractivity contribution in [1.29, 1.82) is 0 Å². The minimum Gasteiger partial charge on any atom is -0.507 e. The average Bonchev–Trinajstić information content (AvgIpc) is 2.53. The van der Waals surface area contributed by atoms with E-state index in [1.54, 1.807) is 0 Å². The van der Waals surface area contributed by atoms with Crippen LogP contribution >= 0.6 is 0 Å². The van der Waals surface area contributed by atoms with Crippen LogP contribution in [0.3, 0.4) is 0 Å². The second-order valence-corrected chi connectivity index (χ2v) is 6.37. The summed E-state index contributed by atoms with van der Waals surface area (Å²) < 4.78 is 0.